The van der Waals surface area contributed by atoms with Gasteiger partial charge in [0, 0.05) is 46.8 Å². The number of rotatable bonds is 5. The normalized spacial score (nSPS) is 16.7. The van der Waals surface area contributed by atoms with Crippen LogP contribution in [0.3, 0.4) is 0 Å². The molecule has 1 atom stereocenters. The topological polar surface area (TPSA) is 65.2 Å². The molecule has 2 heterocycles. The number of likely N-dealkylation sites (tertiary alicyclic amines) is 1. The van der Waals surface area contributed by atoms with Gasteiger partial charge in [0.2, 0.25) is 11.8 Å². The lowest BCUT2D eigenvalue weighted by Gasteiger charge is -2.16. The molecule has 5 nitrogen and oxygen atoms in total. The Morgan fingerprint density at radius 1 is 1.25 bits per heavy atom. The lowest BCUT2D eigenvalue weighted by Crippen LogP contribution is -2.30. The highest BCUT2D eigenvalue weighted by Crippen LogP contribution is 2.24. The molecule has 0 saturated carbocycles. The van der Waals surface area contributed by atoms with Crippen LogP contribution in [0.2, 0.25) is 0 Å². The summed E-state index contributed by atoms with van der Waals surface area (Å²) in [4.78, 5) is 30.0. The third-order valence-electron chi connectivity index (χ3n) is 5.27. The molecule has 1 aliphatic heterocycles. The number of carbonyl (C=O) groups excluding carboxylic acids is 2. The highest BCUT2D eigenvalue weighted by molar-refractivity contribution is 9.10. The SMILES string of the molecule is Cc1ccc2[nH]cc(CCN3CC(C(=O)Nc4ccc(Br)cc4)CC3=O)c2c1. The van der Waals surface area contributed by atoms with Gasteiger partial charge in [-0.2, -0.15) is 0 Å². The van der Waals surface area contributed by atoms with Gasteiger partial charge in [-0.3, -0.25) is 9.59 Å². The predicted molar refractivity (Wildman–Crippen MR) is 114 cm³/mol. The van der Waals surface area contributed by atoms with Crippen LogP contribution in [0.4, 0.5) is 5.69 Å². The minimum absolute atomic E-state index is 0.0481. The van der Waals surface area contributed by atoms with Crippen LogP contribution in [-0.4, -0.2) is 34.8 Å². The van der Waals surface area contributed by atoms with E-state index < -0.39 is 0 Å². The number of aromatic nitrogens is 1. The monoisotopic (exact) mass is 439 g/mol. The van der Waals surface area contributed by atoms with Crippen LogP contribution in [-0.2, 0) is 16.0 Å². The first kappa shape index (κ1) is 18.7. The van der Waals surface area contributed by atoms with Crippen molar-refractivity contribution < 1.29 is 9.59 Å². The molecule has 0 radical (unpaired) electrons. The van der Waals surface area contributed by atoms with E-state index in [0.29, 0.717) is 13.1 Å². The number of carbonyl (C=O) groups is 2. The van der Waals surface area contributed by atoms with Crippen molar-refractivity contribution in [2.24, 2.45) is 5.92 Å². The van der Waals surface area contributed by atoms with Crippen molar-refractivity contribution in [3.63, 3.8) is 0 Å². The highest BCUT2D eigenvalue weighted by Gasteiger charge is 2.34. The van der Waals surface area contributed by atoms with Gasteiger partial charge in [0.1, 0.15) is 0 Å². The molecular formula is C22H22BrN3O2. The number of aromatic amines is 1. The zero-order valence-electron chi connectivity index (χ0n) is 15.7. The van der Waals surface area contributed by atoms with Gasteiger partial charge in [-0.05, 0) is 55.3 Å². The molecule has 3 aromatic rings. The van der Waals surface area contributed by atoms with Crippen molar-refractivity contribution in [2.45, 2.75) is 19.8 Å². The van der Waals surface area contributed by atoms with Gasteiger partial charge in [-0.15, -0.1) is 0 Å². The molecule has 2 N–H and O–H groups in total. The Morgan fingerprint density at radius 3 is 2.82 bits per heavy atom. The number of benzene rings is 2. The van der Waals surface area contributed by atoms with E-state index in [1.807, 2.05) is 30.5 Å². The fourth-order valence-corrected chi connectivity index (χ4v) is 3.96. The quantitative estimate of drug-likeness (QED) is 0.623. The van der Waals surface area contributed by atoms with E-state index in [1.54, 1.807) is 4.90 Å². The van der Waals surface area contributed by atoms with Gasteiger partial charge in [0.15, 0.2) is 0 Å². The Bertz CT molecular complexity index is 1030. The van der Waals surface area contributed by atoms with Gasteiger partial charge < -0.3 is 15.2 Å². The smallest absolute Gasteiger partial charge is 0.229 e. The van der Waals surface area contributed by atoms with Crippen molar-refractivity contribution in [3.8, 4) is 0 Å². The molecule has 1 aliphatic rings. The van der Waals surface area contributed by atoms with Gasteiger partial charge in [-0.1, -0.05) is 27.6 Å². The maximum absolute atomic E-state index is 12.5. The molecule has 1 saturated heterocycles. The van der Waals surface area contributed by atoms with Gasteiger partial charge in [-0.25, -0.2) is 0 Å². The molecule has 144 valence electrons. The number of hydrogen-bond acceptors (Lipinski definition) is 2. The van der Waals surface area contributed by atoms with Crippen LogP contribution in [0.5, 0.6) is 0 Å². The van der Waals surface area contributed by atoms with E-state index >= 15 is 0 Å². The standard InChI is InChI=1S/C22H22BrN3O2/c1-14-2-7-20-19(10-14)15(12-24-20)8-9-26-13-16(11-21(26)27)22(28)25-18-5-3-17(23)4-6-18/h2-7,10,12,16,24H,8-9,11,13H2,1H3,(H,25,28). The van der Waals surface area contributed by atoms with Gasteiger partial charge in [0.25, 0.3) is 0 Å². The van der Waals surface area contributed by atoms with Crippen molar-refractivity contribution >= 4 is 44.3 Å². The summed E-state index contributed by atoms with van der Waals surface area (Å²) in [5.41, 5.74) is 4.28. The number of amides is 2. The zero-order chi connectivity index (χ0) is 19.7. The summed E-state index contributed by atoms with van der Waals surface area (Å²) in [6, 6.07) is 13.8. The first-order valence-corrected chi connectivity index (χ1v) is 10.2. The van der Waals surface area contributed by atoms with Crippen molar-refractivity contribution in [1.82, 2.24) is 9.88 Å². The largest absolute Gasteiger partial charge is 0.361 e. The van der Waals surface area contributed by atoms with Crippen LogP contribution in [0.15, 0.2) is 53.1 Å². The van der Waals surface area contributed by atoms with Crippen molar-refractivity contribution in [3.05, 3.63) is 64.3 Å². The summed E-state index contributed by atoms with van der Waals surface area (Å²) in [7, 11) is 0. The first-order valence-electron chi connectivity index (χ1n) is 9.40. The highest BCUT2D eigenvalue weighted by atomic mass is 79.9. The third kappa shape index (κ3) is 3.97. The lowest BCUT2D eigenvalue weighted by molar-refractivity contribution is -0.128. The van der Waals surface area contributed by atoms with E-state index in [2.05, 4.69) is 51.4 Å². The predicted octanol–water partition coefficient (Wildman–Crippen LogP) is 4.27. The molecule has 1 fully saturated rings. The molecule has 2 amide bonds. The second-order valence-electron chi connectivity index (χ2n) is 7.35. The van der Waals surface area contributed by atoms with Gasteiger partial charge in [0.05, 0.1) is 5.92 Å². The molecule has 1 unspecified atom stereocenters. The number of H-pyrrole nitrogens is 1. The number of nitrogens with one attached hydrogen (secondary N) is 2. The number of nitrogens with zero attached hydrogens (tertiary/aromatic N) is 1. The summed E-state index contributed by atoms with van der Waals surface area (Å²) >= 11 is 3.38. The van der Waals surface area contributed by atoms with E-state index in [-0.39, 0.29) is 24.2 Å². The first-order chi connectivity index (χ1) is 13.5. The van der Waals surface area contributed by atoms with E-state index in [1.165, 1.54) is 16.5 Å². The van der Waals surface area contributed by atoms with Crippen molar-refractivity contribution in [1.29, 1.82) is 0 Å². The molecule has 0 spiro atoms. The Kier molecular flexibility index (Phi) is 5.22. The van der Waals surface area contributed by atoms with Crippen molar-refractivity contribution in [2.75, 3.05) is 18.4 Å². The van der Waals surface area contributed by atoms with Crippen LogP contribution in [0.1, 0.15) is 17.5 Å². The molecular weight excluding hydrogens is 418 g/mol. The number of halogens is 1. The molecule has 4 rings (SSSR count). The summed E-state index contributed by atoms with van der Waals surface area (Å²) in [6.07, 6.45) is 3.06. The fourth-order valence-electron chi connectivity index (χ4n) is 3.70. The Morgan fingerprint density at radius 2 is 2.04 bits per heavy atom. The number of hydrogen-bond donors (Lipinski definition) is 2. The second kappa shape index (κ2) is 7.80. The molecule has 0 bridgehead atoms. The fraction of sp³-hybridized carbons (Fsp3) is 0.273. The summed E-state index contributed by atoms with van der Waals surface area (Å²) < 4.78 is 0.959. The zero-order valence-corrected chi connectivity index (χ0v) is 17.3. The minimum atomic E-state index is -0.304. The van der Waals surface area contributed by atoms with Crippen LogP contribution >= 0.6 is 15.9 Å². The molecule has 0 aliphatic carbocycles. The molecule has 2 aromatic carbocycles. The average Bonchev–Trinajstić information content (AvgIpc) is 3.25. The molecule has 1 aromatic heterocycles. The maximum atomic E-state index is 12.5. The summed E-state index contributed by atoms with van der Waals surface area (Å²) in [5, 5.41) is 4.11. The lowest BCUT2D eigenvalue weighted by atomic mass is 10.1. The second-order valence-corrected chi connectivity index (χ2v) is 8.27. The maximum Gasteiger partial charge on any atom is 0.229 e. The molecule has 28 heavy (non-hydrogen) atoms. The number of fused-ring (bicyclic) bond motifs is 1. The van der Waals surface area contributed by atoms with Crippen LogP contribution < -0.4 is 5.32 Å². The summed E-state index contributed by atoms with van der Waals surface area (Å²) in [5.74, 6) is -0.353. The Labute approximate surface area is 172 Å². The van der Waals surface area contributed by atoms with Crippen LogP contribution in [0, 0.1) is 12.8 Å². The third-order valence-corrected chi connectivity index (χ3v) is 5.80. The van der Waals surface area contributed by atoms with E-state index in [0.717, 1.165) is 22.1 Å². The number of aryl methyl sites for hydroxylation is 1. The Balaban J connectivity index is 1.37. The van der Waals surface area contributed by atoms with E-state index in [4.69, 9.17) is 0 Å². The number of anilines is 1. The van der Waals surface area contributed by atoms with E-state index in [9.17, 15) is 9.59 Å². The minimum Gasteiger partial charge on any atom is -0.361 e. The molecule has 6 heteroatoms. The Hall–Kier alpha value is -2.60. The summed E-state index contributed by atoms with van der Waals surface area (Å²) in [6.45, 7) is 3.18. The van der Waals surface area contributed by atoms with Crippen LogP contribution in [0.25, 0.3) is 10.9 Å². The average molecular weight is 440 g/mol. The van der Waals surface area contributed by atoms with Gasteiger partial charge >= 0.3 is 0 Å².